The lowest BCUT2D eigenvalue weighted by molar-refractivity contribution is 0.555. The highest BCUT2D eigenvalue weighted by atomic mass is 35.5. The zero-order chi connectivity index (χ0) is 11.5. The Balaban J connectivity index is 2.54. The molecule has 0 fully saturated rings. The van der Waals surface area contributed by atoms with Gasteiger partial charge in [0.25, 0.3) is 0 Å². The third-order valence-corrected chi connectivity index (χ3v) is 3.16. The molecule has 0 aromatic carbocycles. The molecule has 0 radical (unpaired) electrons. The zero-order valence-electron chi connectivity index (χ0n) is 9.67. The molecular formula is C10H18ClN3S. The minimum absolute atomic E-state index is 0.0224. The summed E-state index contributed by atoms with van der Waals surface area (Å²) in [5.74, 6) is 2.01. The van der Waals surface area contributed by atoms with Gasteiger partial charge in [-0.3, -0.25) is 0 Å². The van der Waals surface area contributed by atoms with Crippen LogP contribution >= 0.6 is 23.1 Å². The maximum atomic E-state index is 5.72. The van der Waals surface area contributed by atoms with Crippen molar-refractivity contribution >= 4 is 28.3 Å². The zero-order valence-corrected chi connectivity index (χ0v) is 11.2. The predicted octanol–water partition coefficient (Wildman–Crippen LogP) is 3.12. The lowest BCUT2D eigenvalue weighted by atomic mass is 9.96. The van der Waals surface area contributed by atoms with Gasteiger partial charge in [0.15, 0.2) is 0 Å². The van der Waals surface area contributed by atoms with Crippen LogP contribution in [0.4, 0.5) is 5.13 Å². The van der Waals surface area contributed by atoms with Crippen molar-refractivity contribution in [1.82, 2.24) is 9.36 Å². The number of nitrogens with zero attached hydrogens (tertiary/aromatic N) is 2. The average Bonchev–Trinajstić information content (AvgIpc) is 2.61. The van der Waals surface area contributed by atoms with Gasteiger partial charge >= 0.3 is 0 Å². The molecule has 0 saturated carbocycles. The first-order valence-electron chi connectivity index (χ1n) is 5.07. The Labute approximate surface area is 100 Å². The van der Waals surface area contributed by atoms with Gasteiger partial charge in [-0.25, -0.2) is 4.98 Å². The van der Waals surface area contributed by atoms with Crippen molar-refractivity contribution in [2.75, 3.05) is 17.7 Å². The van der Waals surface area contributed by atoms with Gasteiger partial charge in [-0.15, -0.1) is 11.6 Å². The fourth-order valence-corrected chi connectivity index (χ4v) is 1.79. The number of rotatable bonds is 4. The number of hydrogen-bond donors (Lipinski definition) is 1. The van der Waals surface area contributed by atoms with Crippen LogP contribution in [-0.2, 0) is 5.41 Å². The highest BCUT2D eigenvalue weighted by Crippen LogP contribution is 2.22. The summed E-state index contributed by atoms with van der Waals surface area (Å²) in [5, 5.41) is 4.13. The predicted molar refractivity (Wildman–Crippen MR) is 67.0 cm³/mol. The number of alkyl halides is 1. The molecule has 0 saturated heterocycles. The highest BCUT2D eigenvalue weighted by molar-refractivity contribution is 7.09. The van der Waals surface area contributed by atoms with Crippen LogP contribution in [0.2, 0.25) is 0 Å². The second-order valence-corrected chi connectivity index (χ2v) is 5.87. The lowest BCUT2D eigenvalue weighted by Gasteiger charge is -2.12. The minimum atomic E-state index is 0.0224. The third-order valence-electron chi connectivity index (χ3n) is 1.96. The van der Waals surface area contributed by atoms with Gasteiger partial charge in [0.1, 0.15) is 5.82 Å². The number of hydrogen-bond acceptors (Lipinski definition) is 4. The fraction of sp³-hybridized carbons (Fsp3) is 0.800. The Hall–Kier alpha value is -0.350. The van der Waals surface area contributed by atoms with Crippen LogP contribution in [0.5, 0.6) is 0 Å². The first-order chi connectivity index (χ1) is 6.93. The normalized spacial score (nSPS) is 13.9. The molecule has 1 heterocycles. The molecule has 1 aromatic rings. The average molecular weight is 248 g/mol. The molecule has 1 unspecified atom stereocenters. The molecular weight excluding hydrogens is 230 g/mol. The summed E-state index contributed by atoms with van der Waals surface area (Å²) in [6.45, 7) is 9.29. The third kappa shape index (κ3) is 3.95. The van der Waals surface area contributed by atoms with Crippen molar-refractivity contribution in [2.24, 2.45) is 5.92 Å². The number of halogens is 1. The highest BCUT2D eigenvalue weighted by Gasteiger charge is 2.19. The lowest BCUT2D eigenvalue weighted by Crippen LogP contribution is -2.14. The summed E-state index contributed by atoms with van der Waals surface area (Å²) in [6, 6.07) is 0. The number of nitrogens with one attached hydrogen (secondary N) is 1. The summed E-state index contributed by atoms with van der Waals surface area (Å²) < 4.78 is 4.33. The van der Waals surface area contributed by atoms with Gasteiger partial charge in [-0.05, 0) is 5.92 Å². The Kier molecular flexibility index (Phi) is 4.34. The Morgan fingerprint density at radius 1 is 1.47 bits per heavy atom. The quantitative estimate of drug-likeness (QED) is 0.831. The van der Waals surface area contributed by atoms with E-state index < -0.39 is 0 Å². The maximum Gasteiger partial charge on any atom is 0.202 e. The van der Waals surface area contributed by atoms with Crippen LogP contribution in [0.1, 0.15) is 33.5 Å². The van der Waals surface area contributed by atoms with E-state index in [1.807, 2.05) is 0 Å². The summed E-state index contributed by atoms with van der Waals surface area (Å²) >= 11 is 7.14. The largest absolute Gasteiger partial charge is 0.360 e. The molecule has 3 nitrogen and oxygen atoms in total. The van der Waals surface area contributed by atoms with Gasteiger partial charge in [-0.1, -0.05) is 27.7 Å². The first-order valence-corrected chi connectivity index (χ1v) is 6.38. The molecule has 1 rings (SSSR count). The van der Waals surface area contributed by atoms with Gasteiger partial charge < -0.3 is 5.32 Å². The molecule has 15 heavy (non-hydrogen) atoms. The van der Waals surface area contributed by atoms with Crippen molar-refractivity contribution in [3.05, 3.63) is 5.82 Å². The monoisotopic (exact) mass is 247 g/mol. The topological polar surface area (TPSA) is 37.8 Å². The number of aromatic nitrogens is 2. The standard InChI is InChI=1S/C10H18ClN3S/c1-7(5-11)6-12-9-13-8(14-15-9)10(2,3)4/h7H,5-6H2,1-4H3,(H,12,13,14). The van der Waals surface area contributed by atoms with E-state index in [4.69, 9.17) is 11.6 Å². The van der Waals surface area contributed by atoms with Crippen LogP contribution < -0.4 is 5.32 Å². The van der Waals surface area contributed by atoms with E-state index in [1.165, 1.54) is 11.5 Å². The molecule has 0 bridgehead atoms. The van der Waals surface area contributed by atoms with E-state index in [9.17, 15) is 0 Å². The Morgan fingerprint density at radius 3 is 2.60 bits per heavy atom. The first kappa shape index (κ1) is 12.7. The van der Waals surface area contributed by atoms with Gasteiger partial charge in [0.05, 0.1) is 0 Å². The van der Waals surface area contributed by atoms with Crippen molar-refractivity contribution in [3.8, 4) is 0 Å². The molecule has 0 aliphatic rings. The summed E-state index contributed by atoms with van der Waals surface area (Å²) in [4.78, 5) is 4.44. The Bertz CT molecular complexity index is 306. The van der Waals surface area contributed by atoms with Gasteiger partial charge in [-0.2, -0.15) is 4.37 Å². The summed E-state index contributed by atoms with van der Waals surface area (Å²) in [7, 11) is 0. The molecule has 0 aliphatic heterocycles. The SMILES string of the molecule is CC(CCl)CNc1nc(C(C)(C)C)ns1. The van der Waals surface area contributed by atoms with Crippen molar-refractivity contribution in [1.29, 1.82) is 0 Å². The van der Waals surface area contributed by atoms with Crippen LogP contribution in [0.15, 0.2) is 0 Å². The summed E-state index contributed by atoms with van der Waals surface area (Å²) in [5.41, 5.74) is 0.0224. The Morgan fingerprint density at radius 2 is 2.13 bits per heavy atom. The van der Waals surface area contributed by atoms with Crippen molar-refractivity contribution < 1.29 is 0 Å². The molecule has 5 heteroatoms. The van der Waals surface area contributed by atoms with E-state index in [-0.39, 0.29) is 5.41 Å². The second-order valence-electron chi connectivity index (χ2n) is 4.81. The second kappa shape index (κ2) is 5.12. The van der Waals surface area contributed by atoms with Crippen molar-refractivity contribution in [3.63, 3.8) is 0 Å². The number of anilines is 1. The van der Waals surface area contributed by atoms with Crippen LogP contribution in [-0.4, -0.2) is 21.8 Å². The van der Waals surface area contributed by atoms with E-state index in [0.717, 1.165) is 17.5 Å². The van der Waals surface area contributed by atoms with Crippen molar-refractivity contribution in [2.45, 2.75) is 33.1 Å². The molecule has 0 spiro atoms. The van der Waals surface area contributed by atoms with Crippen LogP contribution in [0.25, 0.3) is 0 Å². The van der Waals surface area contributed by atoms with Crippen LogP contribution in [0, 0.1) is 5.92 Å². The molecule has 0 amide bonds. The fourth-order valence-electron chi connectivity index (χ4n) is 0.916. The smallest absolute Gasteiger partial charge is 0.202 e. The van der Waals surface area contributed by atoms with Crippen LogP contribution in [0.3, 0.4) is 0 Å². The molecule has 86 valence electrons. The molecule has 1 aromatic heterocycles. The minimum Gasteiger partial charge on any atom is -0.360 e. The van der Waals surface area contributed by atoms with E-state index in [0.29, 0.717) is 11.8 Å². The van der Waals surface area contributed by atoms with Gasteiger partial charge in [0, 0.05) is 29.4 Å². The van der Waals surface area contributed by atoms with E-state index in [1.54, 1.807) is 0 Å². The molecule has 1 N–H and O–H groups in total. The van der Waals surface area contributed by atoms with Gasteiger partial charge in [0.2, 0.25) is 5.13 Å². The maximum absolute atomic E-state index is 5.72. The van der Waals surface area contributed by atoms with E-state index in [2.05, 4.69) is 42.4 Å². The summed E-state index contributed by atoms with van der Waals surface area (Å²) in [6.07, 6.45) is 0. The van der Waals surface area contributed by atoms with E-state index >= 15 is 0 Å². The molecule has 0 aliphatic carbocycles. The molecule has 1 atom stereocenters.